The Morgan fingerprint density at radius 1 is 1.26 bits per heavy atom. The van der Waals surface area contributed by atoms with Gasteiger partial charge in [-0.05, 0) is 26.3 Å². The van der Waals surface area contributed by atoms with Crippen molar-refractivity contribution in [2.75, 3.05) is 5.73 Å². The van der Waals surface area contributed by atoms with E-state index >= 15 is 0 Å². The molecule has 3 aromatic heterocycles. The summed E-state index contributed by atoms with van der Waals surface area (Å²) >= 11 is 1.60. The fraction of sp³-hybridized carbons (Fsp3) is 0.308. The number of thiazole rings is 1. The van der Waals surface area contributed by atoms with Gasteiger partial charge in [-0.3, -0.25) is 0 Å². The monoisotopic (exact) mass is 273 g/mol. The standard InChI is InChI=1S/C13H15N5S/c1-7-8(2)18(4-10-5-19-6-15-10)13-11(7)12(14)16-9(3)17-13/h5-6H,4H2,1-3H3,(H2,14,16,17). The lowest BCUT2D eigenvalue weighted by Crippen LogP contribution is -2.04. The lowest BCUT2D eigenvalue weighted by molar-refractivity contribution is 0.771. The Morgan fingerprint density at radius 2 is 2.05 bits per heavy atom. The fourth-order valence-corrected chi connectivity index (χ4v) is 2.90. The molecule has 0 amide bonds. The smallest absolute Gasteiger partial charge is 0.146 e. The van der Waals surface area contributed by atoms with Crippen molar-refractivity contribution in [1.29, 1.82) is 0 Å². The summed E-state index contributed by atoms with van der Waals surface area (Å²) in [5.41, 5.74) is 12.1. The highest BCUT2D eigenvalue weighted by Crippen LogP contribution is 2.28. The molecule has 0 aliphatic rings. The molecule has 0 aromatic carbocycles. The molecular weight excluding hydrogens is 258 g/mol. The second-order valence-electron chi connectivity index (χ2n) is 4.63. The zero-order valence-electron chi connectivity index (χ0n) is 11.1. The van der Waals surface area contributed by atoms with Gasteiger partial charge in [-0.25, -0.2) is 15.0 Å². The number of nitrogens with two attached hydrogens (primary N) is 1. The summed E-state index contributed by atoms with van der Waals surface area (Å²) in [7, 11) is 0. The summed E-state index contributed by atoms with van der Waals surface area (Å²) in [5, 5.41) is 3.01. The van der Waals surface area contributed by atoms with E-state index < -0.39 is 0 Å². The molecule has 0 unspecified atom stereocenters. The Morgan fingerprint density at radius 3 is 2.74 bits per heavy atom. The van der Waals surface area contributed by atoms with Crippen molar-refractivity contribution in [1.82, 2.24) is 19.5 Å². The predicted molar refractivity (Wildman–Crippen MR) is 77.4 cm³/mol. The van der Waals surface area contributed by atoms with E-state index in [9.17, 15) is 0 Å². The first kappa shape index (κ1) is 12.1. The number of fused-ring (bicyclic) bond motifs is 1. The maximum atomic E-state index is 6.04. The average Bonchev–Trinajstić information content (AvgIpc) is 2.93. The first-order chi connectivity index (χ1) is 9.08. The average molecular weight is 273 g/mol. The van der Waals surface area contributed by atoms with Crippen LogP contribution in [-0.4, -0.2) is 19.5 Å². The van der Waals surface area contributed by atoms with Crippen molar-refractivity contribution in [3.8, 4) is 0 Å². The van der Waals surface area contributed by atoms with Crippen LogP contribution in [0.2, 0.25) is 0 Å². The van der Waals surface area contributed by atoms with Crippen LogP contribution in [0.15, 0.2) is 10.9 Å². The van der Waals surface area contributed by atoms with Crippen molar-refractivity contribution in [3.05, 3.63) is 33.7 Å². The number of nitrogens with zero attached hydrogens (tertiary/aromatic N) is 4. The summed E-state index contributed by atoms with van der Waals surface area (Å²) in [4.78, 5) is 13.1. The van der Waals surface area contributed by atoms with E-state index in [0.717, 1.165) is 34.5 Å². The topological polar surface area (TPSA) is 69.6 Å². The van der Waals surface area contributed by atoms with Crippen molar-refractivity contribution in [3.63, 3.8) is 0 Å². The molecule has 0 atom stereocenters. The molecule has 19 heavy (non-hydrogen) atoms. The summed E-state index contributed by atoms with van der Waals surface area (Å²) in [5.74, 6) is 1.25. The van der Waals surface area contributed by atoms with Gasteiger partial charge in [0.05, 0.1) is 23.1 Å². The molecule has 6 heteroatoms. The molecule has 3 aromatic rings. The second-order valence-corrected chi connectivity index (χ2v) is 5.35. The van der Waals surface area contributed by atoms with Crippen LogP contribution in [0, 0.1) is 20.8 Å². The summed E-state index contributed by atoms with van der Waals surface area (Å²) in [6.07, 6.45) is 0. The van der Waals surface area contributed by atoms with Gasteiger partial charge < -0.3 is 10.3 Å². The molecule has 0 saturated heterocycles. The maximum absolute atomic E-state index is 6.04. The molecule has 0 fully saturated rings. The van der Waals surface area contributed by atoms with E-state index in [1.807, 2.05) is 12.4 Å². The highest BCUT2D eigenvalue weighted by molar-refractivity contribution is 7.07. The first-order valence-electron chi connectivity index (χ1n) is 6.04. The van der Waals surface area contributed by atoms with Gasteiger partial charge in [-0.2, -0.15) is 0 Å². The van der Waals surface area contributed by atoms with Gasteiger partial charge in [0.25, 0.3) is 0 Å². The molecule has 0 saturated carbocycles. The molecule has 2 N–H and O–H groups in total. The SMILES string of the molecule is Cc1nc(N)c2c(C)c(C)n(Cc3cscn3)c2n1. The third-order valence-corrected chi connectivity index (χ3v) is 4.05. The van der Waals surface area contributed by atoms with Crippen molar-refractivity contribution < 1.29 is 0 Å². The zero-order valence-corrected chi connectivity index (χ0v) is 12.0. The highest BCUT2D eigenvalue weighted by Gasteiger charge is 2.16. The Bertz CT molecular complexity index is 742. The molecule has 3 rings (SSSR count). The molecule has 0 bridgehead atoms. The third-order valence-electron chi connectivity index (χ3n) is 3.41. The van der Waals surface area contributed by atoms with E-state index in [2.05, 4.69) is 38.7 Å². The van der Waals surface area contributed by atoms with Crippen LogP contribution >= 0.6 is 11.3 Å². The van der Waals surface area contributed by atoms with E-state index in [0.29, 0.717) is 11.6 Å². The van der Waals surface area contributed by atoms with Crippen LogP contribution in [-0.2, 0) is 6.54 Å². The number of aryl methyl sites for hydroxylation is 2. The predicted octanol–water partition coefficient (Wildman–Crippen LogP) is 2.44. The zero-order chi connectivity index (χ0) is 13.6. The van der Waals surface area contributed by atoms with E-state index in [-0.39, 0.29) is 0 Å². The Balaban J connectivity index is 2.26. The van der Waals surface area contributed by atoms with Crippen LogP contribution in [0.5, 0.6) is 0 Å². The van der Waals surface area contributed by atoms with E-state index in [1.54, 1.807) is 11.3 Å². The molecule has 0 aliphatic carbocycles. The summed E-state index contributed by atoms with van der Waals surface area (Å²) < 4.78 is 2.16. The molecule has 98 valence electrons. The largest absolute Gasteiger partial charge is 0.383 e. The van der Waals surface area contributed by atoms with Crippen molar-refractivity contribution in [2.24, 2.45) is 0 Å². The summed E-state index contributed by atoms with van der Waals surface area (Å²) in [6, 6.07) is 0. The number of aromatic nitrogens is 4. The Labute approximate surface area is 115 Å². The molecule has 0 radical (unpaired) electrons. The first-order valence-corrected chi connectivity index (χ1v) is 6.98. The number of anilines is 1. The van der Waals surface area contributed by atoms with Crippen LogP contribution in [0.3, 0.4) is 0 Å². The summed E-state index contributed by atoms with van der Waals surface area (Å²) in [6.45, 7) is 6.72. The van der Waals surface area contributed by atoms with Gasteiger partial charge in [0.2, 0.25) is 0 Å². The van der Waals surface area contributed by atoms with Crippen LogP contribution in [0.1, 0.15) is 22.8 Å². The molecule has 5 nitrogen and oxygen atoms in total. The van der Waals surface area contributed by atoms with Crippen LogP contribution in [0.4, 0.5) is 5.82 Å². The van der Waals surface area contributed by atoms with Crippen LogP contribution < -0.4 is 5.73 Å². The molecular formula is C13H15N5S. The van der Waals surface area contributed by atoms with Crippen molar-refractivity contribution >= 4 is 28.2 Å². The molecule has 0 spiro atoms. The minimum Gasteiger partial charge on any atom is -0.383 e. The molecule has 3 heterocycles. The molecule has 0 aliphatic heterocycles. The quantitative estimate of drug-likeness (QED) is 0.778. The van der Waals surface area contributed by atoms with Gasteiger partial charge in [-0.1, -0.05) is 0 Å². The third kappa shape index (κ3) is 1.88. The normalized spacial score (nSPS) is 11.3. The van der Waals surface area contributed by atoms with E-state index in [4.69, 9.17) is 5.73 Å². The van der Waals surface area contributed by atoms with Crippen LogP contribution in [0.25, 0.3) is 11.0 Å². The van der Waals surface area contributed by atoms with Gasteiger partial charge >= 0.3 is 0 Å². The lowest BCUT2D eigenvalue weighted by Gasteiger charge is -2.06. The second kappa shape index (κ2) is 4.31. The maximum Gasteiger partial charge on any atom is 0.146 e. The minimum absolute atomic E-state index is 0.556. The number of rotatable bonds is 2. The Kier molecular flexibility index (Phi) is 2.74. The number of hydrogen-bond donors (Lipinski definition) is 1. The van der Waals surface area contributed by atoms with Gasteiger partial charge in [0.1, 0.15) is 17.3 Å². The lowest BCUT2D eigenvalue weighted by atomic mass is 10.2. The highest BCUT2D eigenvalue weighted by atomic mass is 32.1. The van der Waals surface area contributed by atoms with Gasteiger partial charge in [0, 0.05) is 11.1 Å². The number of nitrogen functional groups attached to an aromatic ring is 1. The van der Waals surface area contributed by atoms with Gasteiger partial charge in [0.15, 0.2) is 0 Å². The number of hydrogen-bond acceptors (Lipinski definition) is 5. The van der Waals surface area contributed by atoms with Gasteiger partial charge in [-0.15, -0.1) is 11.3 Å². The van der Waals surface area contributed by atoms with E-state index in [1.165, 1.54) is 0 Å². The fourth-order valence-electron chi connectivity index (χ4n) is 2.35. The van der Waals surface area contributed by atoms with Crippen molar-refractivity contribution in [2.45, 2.75) is 27.3 Å². The minimum atomic E-state index is 0.556. The Hall–Kier alpha value is -1.95.